The lowest BCUT2D eigenvalue weighted by molar-refractivity contribution is -0.129. The van der Waals surface area contributed by atoms with Crippen LogP contribution in [-0.2, 0) is 11.2 Å². The number of benzene rings is 1. The lowest BCUT2D eigenvalue weighted by Gasteiger charge is -2.33. The van der Waals surface area contributed by atoms with Gasteiger partial charge in [-0.25, -0.2) is 0 Å². The SMILES string of the molecule is O=C1Cc2ccccc2C(=O)N1CC1CCCC(O)C1. The molecule has 3 rings (SSSR count). The first-order chi connectivity index (χ1) is 9.65. The van der Waals surface area contributed by atoms with Gasteiger partial charge >= 0.3 is 0 Å². The highest BCUT2D eigenvalue weighted by molar-refractivity contribution is 6.09. The zero-order chi connectivity index (χ0) is 14.1. The highest BCUT2D eigenvalue weighted by atomic mass is 16.3. The number of carbonyl (C=O) groups excluding carboxylic acids is 2. The van der Waals surface area contributed by atoms with E-state index in [1.54, 1.807) is 6.07 Å². The molecule has 2 unspecified atom stereocenters. The molecule has 0 aromatic heterocycles. The normalized spacial score (nSPS) is 26.6. The third-order valence-corrected chi connectivity index (χ3v) is 4.33. The quantitative estimate of drug-likeness (QED) is 0.835. The van der Waals surface area contributed by atoms with Gasteiger partial charge in [-0.3, -0.25) is 14.5 Å². The van der Waals surface area contributed by atoms with Crippen LogP contribution < -0.4 is 0 Å². The molecule has 4 heteroatoms. The molecule has 1 N–H and O–H groups in total. The van der Waals surface area contributed by atoms with Gasteiger partial charge in [0, 0.05) is 12.1 Å². The first-order valence-electron chi connectivity index (χ1n) is 7.26. The van der Waals surface area contributed by atoms with Gasteiger partial charge < -0.3 is 5.11 Å². The van der Waals surface area contributed by atoms with Crippen LogP contribution in [0.15, 0.2) is 24.3 Å². The third-order valence-electron chi connectivity index (χ3n) is 4.33. The van der Waals surface area contributed by atoms with Crippen molar-refractivity contribution in [2.24, 2.45) is 5.92 Å². The maximum Gasteiger partial charge on any atom is 0.260 e. The Hall–Kier alpha value is -1.68. The van der Waals surface area contributed by atoms with Crippen LogP contribution in [-0.4, -0.2) is 34.5 Å². The van der Waals surface area contributed by atoms with Crippen molar-refractivity contribution < 1.29 is 14.7 Å². The molecule has 1 heterocycles. The lowest BCUT2D eigenvalue weighted by Crippen LogP contribution is -2.45. The Morgan fingerprint density at radius 1 is 1.20 bits per heavy atom. The van der Waals surface area contributed by atoms with Gasteiger partial charge in [0.15, 0.2) is 0 Å². The van der Waals surface area contributed by atoms with Gasteiger partial charge in [0.05, 0.1) is 12.5 Å². The second-order valence-electron chi connectivity index (χ2n) is 5.83. The van der Waals surface area contributed by atoms with Gasteiger partial charge in [-0.1, -0.05) is 24.6 Å². The standard InChI is InChI=1S/C16H19NO3/c18-13-6-3-4-11(8-13)10-17-15(19)9-12-5-1-2-7-14(12)16(17)20/h1-2,5,7,11,13,18H,3-4,6,8-10H2. The molecular weight excluding hydrogens is 254 g/mol. The molecule has 1 fully saturated rings. The van der Waals surface area contributed by atoms with Crippen molar-refractivity contribution in [1.29, 1.82) is 0 Å². The largest absolute Gasteiger partial charge is 0.393 e. The van der Waals surface area contributed by atoms with Crippen molar-refractivity contribution in [2.75, 3.05) is 6.54 Å². The fraction of sp³-hybridized carbons (Fsp3) is 0.500. The maximum atomic E-state index is 12.4. The minimum absolute atomic E-state index is 0.117. The van der Waals surface area contributed by atoms with Crippen LogP contribution in [0.3, 0.4) is 0 Å². The zero-order valence-corrected chi connectivity index (χ0v) is 11.4. The minimum atomic E-state index is -0.281. The Morgan fingerprint density at radius 2 is 2.00 bits per heavy atom. The summed E-state index contributed by atoms with van der Waals surface area (Å²) in [4.78, 5) is 26.0. The number of amides is 2. The molecule has 1 aromatic carbocycles. The van der Waals surface area contributed by atoms with E-state index < -0.39 is 0 Å². The van der Waals surface area contributed by atoms with Crippen LogP contribution in [0.5, 0.6) is 0 Å². The predicted molar refractivity (Wildman–Crippen MR) is 74.2 cm³/mol. The fourth-order valence-electron chi connectivity index (χ4n) is 3.27. The Kier molecular flexibility index (Phi) is 3.57. The first kappa shape index (κ1) is 13.3. The number of rotatable bonds is 2. The summed E-state index contributed by atoms with van der Waals surface area (Å²) in [6.45, 7) is 0.447. The number of nitrogens with zero attached hydrogens (tertiary/aromatic N) is 1. The monoisotopic (exact) mass is 273 g/mol. The Balaban J connectivity index is 1.77. The van der Waals surface area contributed by atoms with Crippen molar-refractivity contribution in [3.05, 3.63) is 35.4 Å². The number of fused-ring (bicyclic) bond motifs is 1. The van der Waals surface area contributed by atoms with Gasteiger partial charge in [-0.15, -0.1) is 0 Å². The number of hydrogen-bond donors (Lipinski definition) is 1. The van der Waals surface area contributed by atoms with Gasteiger partial charge in [0.2, 0.25) is 5.91 Å². The van der Waals surface area contributed by atoms with Crippen molar-refractivity contribution >= 4 is 11.8 Å². The fourth-order valence-corrected chi connectivity index (χ4v) is 3.27. The minimum Gasteiger partial charge on any atom is -0.393 e. The number of aliphatic hydroxyl groups excluding tert-OH is 1. The van der Waals surface area contributed by atoms with Crippen molar-refractivity contribution in [3.8, 4) is 0 Å². The van der Waals surface area contributed by atoms with E-state index >= 15 is 0 Å². The van der Waals surface area contributed by atoms with E-state index in [4.69, 9.17) is 0 Å². The maximum absolute atomic E-state index is 12.4. The Bertz CT molecular complexity index is 540. The molecule has 0 saturated heterocycles. The average molecular weight is 273 g/mol. The number of hydrogen-bond acceptors (Lipinski definition) is 3. The molecule has 1 aliphatic carbocycles. The molecule has 0 radical (unpaired) electrons. The van der Waals surface area contributed by atoms with E-state index in [-0.39, 0.29) is 23.8 Å². The van der Waals surface area contributed by atoms with Crippen molar-refractivity contribution in [1.82, 2.24) is 4.90 Å². The summed E-state index contributed by atoms with van der Waals surface area (Å²) in [7, 11) is 0. The molecule has 0 spiro atoms. The molecule has 2 aliphatic rings. The summed E-state index contributed by atoms with van der Waals surface area (Å²) in [5, 5.41) is 9.71. The molecule has 1 aliphatic heterocycles. The van der Waals surface area contributed by atoms with E-state index in [0.29, 0.717) is 24.9 Å². The first-order valence-corrected chi connectivity index (χ1v) is 7.26. The molecule has 0 bridgehead atoms. The van der Waals surface area contributed by atoms with E-state index in [1.165, 1.54) is 4.90 Å². The number of carbonyl (C=O) groups is 2. The molecule has 2 atom stereocenters. The second kappa shape index (κ2) is 5.37. The van der Waals surface area contributed by atoms with E-state index in [0.717, 1.165) is 24.8 Å². The predicted octanol–water partition coefficient (Wildman–Crippen LogP) is 1.76. The third kappa shape index (κ3) is 2.48. The van der Waals surface area contributed by atoms with Crippen LogP contribution >= 0.6 is 0 Å². The van der Waals surface area contributed by atoms with Crippen molar-refractivity contribution in [2.45, 2.75) is 38.2 Å². The Morgan fingerprint density at radius 3 is 2.80 bits per heavy atom. The summed E-state index contributed by atoms with van der Waals surface area (Å²) in [5.41, 5.74) is 1.46. The average Bonchev–Trinajstić information content (AvgIpc) is 2.43. The smallest absolute Gasteiger partial charge is 0.260 e. The van der Waals surface area contributed by atoms with Crippen LogP contribution in [0.1, 0.15) is 41.6 Å². The van der Waals surface area contributed by atoms with Crippen LogP contribution in [0.4, 0.5) is 0 Å². The zero-order valence-electron chi connectivity index (χ0n) is 11.4. The highest BCUT2D eigenvalue weighted by Crippen LogP contribution is 2.27. The summed E-state index contributed by atoms with van der Waals surface area (Å²) in [5.74, 6) is -0.0670. The van der Waals surface area contributed by atoms with Gasteiger partial charge in [-0.05, 0) is 36.8 Å². The number of aliphatic hydroxyl groups is 1. The van der Waals surface area contributed by atoms with E-state index in [1.807, 2.05) is 18.2 Å². The lowest BCUT2D eigenvalue weighted by atomic mass is 9.86. The van der Waals surface area contributed by atoms with Gasteiger partial charge in [-0.2, -0.15) is 0 Å². The van der Waals surface area contributed by atoms with Gasteiger partial charge in [0.25, 0.3) is 5.91 Å². The van der Waals surface area contributed by atoms with Crippen LogP contribution in [0.25, 0.3) is 0 Å². The highest BCUT2D eigenvalue weighted by Gasteiger charge is 2.33. The summed E-state index contributed by atoms with van der Waals surface area (Å²) in [6, 6.07) is 7.31. The van der Waals surface area contributed by atoms with E-state index in [9.17, 15) is 14.7 Å². The van der Waals surface area contributed by atoms with Crippen LogP contribution in [0, 0.1) is 5.92 Å². The number of imide groups is 1. The van der Waals surface area contributed by atoms with Gasteiger partial charge in [0.1, 0.15) is 0 Å². The molecule has 1 aromatic rings. The molecule has 20 heavy (non-hydrogen) atoms. The molecule has 106 valence electrons. The molecular formula is C16H19NO3. The van der Waals surface area contributed by atoms with Crippen LogP contribution in [0.2, 0.25) is 0 Å². The molecule has 1 saturated carbocycles. The molecule has 2 amide bonds. The van der Waals surface area contributed by atoms with E-state index in [2.05, 4.69) is 0 Å². The molecule has 4 nitrogen and oxygen atoms in total. The topological polar surface area (TPSA) is 57.6 Å². The Labute approximate surface area is 118 Å². The summed E-state index contributed by atoms with van der Waals surface area (Å²) in [6.07, 6.45) is 3.50. The summed E-state index contributed by atoms with van der Waals surface area (Å²) < 4.78 is 0. The second-order valence-corrected chi connectivity index (χ2v) is 5.83. The summed E-state index contributed by atoms with van der Waals surface area (Å²) >= 11 is 0. The van der Waals surface area contributed by atoms with Crippen molar-refractivity contribution in [3.63, 3.8) is 0 Å².